The number of fused-ring (bicyclic) bond motifs is 1. The van der Waals surface area contributed by atoms with E-state index in [4.69, 9.17) is 4.74 Å². The minimum atomic E-state index is -0.230. The van der Waals surface area contributed by atoms with Crippen molar-refractivity contribution in [3.8, 4) is 22.9 Å². The van der Waals surface area contributed by atoms with Crippen LogP contribution in [-0.4, -0.2) is 28.9 Å². The first-order valence-corrected chi connectivity index (χ1v) is 13.0. The van der Waals surface area contributed by atoms with Crippen molar-refractivity contribution in [2.24, 2.45) is 0 Å². The molecule has 1 N–H and O–H groups in total. The number of methoxy groups -OCH3 is 1. The van der Waals surface area contributed by atoms with E-state index in [9.17, 15) is 14.9 Å². The number of hydrogen-bond acceptors (Lipinski definition) is 5. The Kier molecular flexibility index (Phi) is 7.70. The second kappa shape index (κ2) is 11.7. The van der Waals surface area contributed by atoms with Crippen LogP contribution in [0, 0.1) is 11.3 Å². The molecule has 40 heavy (non-hydrogen) atoms. The lowest BCUT2D eigenvalue weighted by Gasteiger charge is -2.15. The van der Waals surface area contributed by atoms with Gasteiger partial charge in [0.1, 0.15) is 5.75 Å². The molecular weight excluding hydrogens is 500 g/mol. The Balaban J connectivity index is 1.57. The van der Waals surface area contributed by atoms with Gasteiger partial charge in [-0.15, -0.1) is 0 Å². The summed E-state index contributed by atoms with van der Waals surface area (Å²) in [5.41, 5.74) is 6.91. The van der Waals surface area contributed by atoms with Crippen LogP contribution in [0.15, 0.2) is 85.2 Å². The molecule has 198 valence electrons. The van der Waals surface area contributed by atoms with E-state index in [0.717, 1.165) is 51.7 Å². The Labute approximate surface area is 232 Å². The van der Waals surface area contributed by atoms with E-state index in [0.29, 0.717) is 35.4 Å². The van der Waals surface area contributed by atoms with E-state index in [1.807, 2.05) is 66.7 Å². The van der Waals surface area contributed by atoms with Gasteiger partial charge < -0.3 is 14.6 Å². The lowest BCUT2D eigenvalue weighted by atomic mass is 9.90. The summed E-state index contributed by atoms with van der Waals surface area (Å²) >= 11 is 0. The molecule has 0 radical (unpaired) electrons. The molecule has 7 nitrogen and oxygen atoms in total. The summed E-state index contributed by atoms with van der Waals surface area (Å²) in [5, 5.41) is 13.4. The molecular formula is C33H28N4O3. The highest BCUT2D eigenvalue weighted by Crippen LogP contribution is 2.33. The highest BCUT2D eigenvalue weighted by molar-refractivity contribution is 5.97. The van der Waals surface area contributed by atoms with Crippen molar-refractivity contribution in [2.45, 2.75) is 26.4 Å². The molecule has 3 aromatic carbocycles. The van der Waals surface area contributed by atoms with E-state index < -0.39 is 0 Å². The maximum atomic E-state index is 13.1. The van der Waals surface area contributed by atoms with Gasteiger partial charge in [0, 0.05) is 47.4 Å². The number of nitriles is 1. The third-order valence-corrected chi connectivity index (χ3v) is 7.02. The number of nitrogens with one attached hydrogen (secondary N) is 1. The number of carbonyl (C=O) groups excluding carboxylic acids is 2. The predicted molar refractivity (Wildman–Crippen MR) is 154 cm³/mol. The molecule has 1 amide bonds. The average Bonchev–Trinajstić information content (AvgIpc) is 3.36. The largest absolute Gasteiger partial charge is 0.497 e. The van der Waals surface area contributed by atoms with Gasteiger partial charge in [-0.2, -0.15) is 5.26 Å². The molecule has 0 fully saturated rings. The normalized spacial score (nSPS) is 10.7. The topological polar surface area (TPSA) is 97.0 Å². The third-order valence-electron chi connectivity index (χ3n) is 7.02. The number of aldehydes is 1. The van der Waals surface area contributed by atoms with Gasteiger partial charge in [0.25, 0.3) is 5.91 Å². The molecule has 2 aromatic heterocycles. The number of benzene rings is 3. The van der Waals surface area contributed by atoms with Crippen LogP contribution in [0.4, 0.5) is 0 Å². The number of pyridine rings is 1. The highest BCUT2D eigenvalue weighted by atomic mass is 16.5. The number of aryl methyl sites for hydroxylation is 1. The fourth-order valence-corrected chi connectivity index (χ4v) is 4.95. The van der Waals surface area contributed by atoms with E-state index in [1.165, 1.54) is 0 Å². The zero-order valence-corrected chi connectivity index (χ0v) is 22.3. The number of ether oxygens (including phenoxy) is 1. The first-order valence-electron chi connectivity index (χ1n) is 13.0. The molecule has 2 heterocycles. The van der Waals surface area contributed by atoms with E-state index in [-0.39, 0.29) is 5.91 Å². The molecule has 0 atom stereocenters. The summed E-state index contributed by atoms with van der Waals surface area (Å²) in [7, 11) is 1.56. The van der Waals surface area contributed by atoms with Gasteiger partial charge in [-0.1, -0.05) is 18.2 Å². The second-order valence-electron chi connectivity index (χ2n) is 9.41. The van der Waals surface area contributed by atoms with Crippen LogP contribution in [0.3, 0.4) is 0 Å². The molecule has 0 saturated carbocycles. The lowest BCUT2D eigenvalue weighted by molar-refractivity contribution is 0.0950. The first-order chi connectivity index (χ1) is 19.5. The molecule has 0 aliphatic rings. The summed E-state index contributed by atoms with van der Waals surface area (Å²) < 4.78 is 7.47. The molecule has 0 bridgehead atoms. The van der Waals surface area contributed by atoms with Crippen LogP contribution in [0.2, 0.25) is 0 Å². The van der Waals surface area contributed by atoms with E-state index in [2.05, 4.69) is 34.1 Å². The number of amides is 1. The molecule has 0 spiro atoms. The molecule has 5 rings (SSSR count). The summed E-state index contributed by atoms with van der Waals surface area (Å²) in [6, 6.07) is 24.5. The number of rotatable bonds is 9. The number of carbonyl (C=O) groups is 2. The van der Waals surface area contributed by atoms with Gasteiger partial charge in [0.15, 0.2) is 6.29 Å². The summed E-state index contributed by atoms with van der Waals surface area (Å²) in [6.45, 7) is 3.14. The summed E-state index contributed by atoms with van der Waals surface area (Å²) in [6.07, 6.45) is 5.18. The fraction of sp³-hybridized carbons (Fsp3) is 0.152. The van der Waals surface area contributed by atoms with Crippen molar-refractivity contribution < 1.29 is 14.3 Å². The average molecular weight is 529 g/mol. The van der Waals surface area contributed by atoms with Crippen LogP contribution in [0.25, 0.3) is 22.0 Å². The van der Waals surface area contributed by atoms with Crippen LogP contribution in [-0.2, 0) is 19.5 Å². The molecule has 0 aliphatic carbocycles. The molecule has 0 saturated heterocycles. The maximum absolute atomic E-state index is 13.1. The lowest BCUT2D eigenvalue weighted by Crippen LogP contribution is -2.23. The minimum absolute atomic E-state index is 0.230. The zero-order valence-electron chi connectivity index (χ0n) is 22.3. The fourth-order valence-electron chi connectivity index (χ4n) is 4.95. The summed E-state index contributed by atoms with van der Waals surface area (Å²) in [4.78, 5) is 29.5. The van der Waals surface area contributed by atoms with Gasteiger partial charge >= 0.3 is 0 Å². The van der Waals surface area contributed by atoms with Crippen molar-refractivity contribution in [1.82, 2.24) is 14.9 Å². The van der Waals surface area contributed by atoms with Crippen molar-refractivity contribution in [3.05, 3.63) is 119 Å². The van der Waals surface area contributed by atoms with Crippen molar-refractivity contribution in [3.63, 3.8) is 0 Å². The number of nitrogens with zero attached hydrogens (tertiary/aromatic N) is 3. The standard InChI is InChI=1S/C33H28N4O3/c1-3-37-20-25(30-11-7-22(18-34)14-32(30)37)15-23-8-9-24(33(39)36-19-27-6-4-5-13-35-27)17-31(23)29-12-10-28(40-2)16-26(29)21-38/h4-14,16-17,20-21H,3,15,19H2,1-2H3,(H,36,39). The van der Waals surface area contributed by atoms with Crippen LogP contribution >= 0.6 is 0 Å². The molecule has 5 aromatic rings. The van der Waals surface area contributed by atoms with E-state index >= 15 is 0 Å². The minimum Gasteiger partial charge on any atom is -0.497 e. The second-order valence-corrected chi connectivity index (χ2v) is 9.41. The van der Waals surface area contributed by atoms with Gasteiger partial charge in [-0.25, -0.2) is 0 Å². The zero-order chi connectivity index (χ0) is 28.1. The molecule has 7 heteroatoms. The Bertz CT molecular complexity index is 1750. The van der Waals surface area contributed by atoms with Crippen LogP contribution in [0.5, 0.6) is 5.75 Å². The number of hydrogen-bond donors (Lipinski definition) is 1. The van der Waals surface area contributed by atoms with Gasteiger partial charge in [0.2, 0.25) is 0 Å². The van der Waals surface area contributed by atoms with Crippen molar-refractivity contribution >= 4 is 23.1 Å². The Morgan fingerprint density at radius 3 is 2.65 bits per heavy atom. The van der Waals surface area contributed by atoms with Crippen LogP contribution in [0.1, 0.15) is 50.0 Å². The van der Waals surface area contributed by atoms with Gasteiger partial charge in [-0.05, 0) is 83.8 Å². The van der Waals surface area contributed by atoms with Crippen molar-refractivity contribution in [1.29, 1.82) is 5.26 Å². The van der Waals surface area contributed by atoms with Gasteiger partial charge in [-0.3, -0.25) is 14.6 Å². The monoisotopic (exact) mass is 528 g/mol. The summed E-state index contributed by atoms with van der Waals surface area (Å²) in [5.74, 6) is 0.349. The molecule has 0 aliphatic heterocycles. The SMILES string of the molecule is CCn1cc(Cc2ccc(C(=O)NCc3ccccn3)cc2-c2ccc(OC)cc2C=O)c2ccc(C#N)cc21. The quantitative estimate of drug-likeness (QED) is 0.239. The smallest absolute Gasteiger partial charge is 0.251 e. The Hall–Kier alpha value is -5.22. The highest BCUT2D eigenvalue weighted by Gasteiger charge is 2.17. The number of aromatic nitrogens is 2. The van der Waals surface area contributed by atoms with Gasteiger partial charge in [0.05, 0.1) is 31.0 Å². The third kappa shape index (κ3) is 5.33. The van der Waals surface area contributed by atoms with Crippen LogP contribution < -0.4 is 10.1 Å². The van der Waals surface area contributed by atoms with E-state index in [1.54, 1.807) is 19.4 Å². The van der Waals surface area contributed by atoms with Crippen molar-refractivity contribution in [2.75, 3.05) is 7.11 Å². The maximum Gasteiger partial charge on any atom is 0.251 e. The predicted octanol–water partition coefficient (Wildman–Crippen LogP) is 5.94. The molecule has 0 unspecified atom stereocenters. The Morgan fingerprint density at radius 2 is 1.93 bits per heavy atom. The Morgan fingerprint density at radius 1 is 1.05 bits per heavy atom. The first kappa shape index (κ1) is 26.4.